The standard InChI is InChI=1S/C28H31N3/c1-21-17-19-22(20-18-21)26-27(29-24-13-7-3-8-14-24)28(23-11-5-2-6-12-23)31(30-26)25-15-9-4-10-16-25/h2,4-6,9-12,15-20,24,27-29H,3,7-8,13-14H2,1H3/t27-,28+/m1/s1. The highest BCUT2D eigenvalue weighted by Gasteiger charge is 2.40. The summed E-state index contributed by atoms with van der Waals surface area (Å²) in [6, 6.07) is 31.1. The number of para-hydroxylation sites is 1. The molecule has 2 aliphatic rings. The molecule has 158 valence electrons. The molecule has 1 fully saturated rings. The average Bonchev–Trinajstić information content (AvgIpc) is 3.20. The molecule has 5 rings (SSSR count). The molecule has 0 unspecified atom stereocenters. The van der Waals surface area contributed by atoms with Crippen molar-refractivity contribution in [2.45, 2.75) is 57.2 Å². The van der Waals surface area contributed by atoms with Crippen LogP contribution in [0, 0.1) is 6.92 Å². The van der Waals surface area contributed by atoms with Gasteiger partial charge in [-0.25, -0.2) is 0 Å². The van der Waals surface area contributed by atoms with E-state index in [2.05, 4.69) is 102 Å². The second-order valence-corrected chi connectivity index (χ2v) is 8.87. The minimum Gasteiger partial charge on any atom is -0.304 e. The van der Waals surface area contributed by atoms with Crippen LogP contribution in [0.25, 0.3) is 0 Å². The van der Waals surface area contributed by atoms with E-state index >= 15 is 0 Å². The van der Waals surface area contributed by atoms with Crippen LogP contribution < -0.4 is 10.3 Å². The van der Waals surface area contributed by atoms with E-state index in [4.69, 9.17) is 5.10 Å². The summed E-state index contributed by atoms with van der Waals surface area (Å²) in [5, 5.41) is 11.5. The highest BCUT2D eigenvalue weighted by atomic mass is 15.5. The average molecular weight is 410 g/mol. The zero-order valence-corrected chi connectivity index (χ0v) is 18.2. The number of hydrogen-bond donors (Lipinski definition) is 1. The first-order valence-electron chi connectivity index (χ1n) is 11.6. The number of benzene rings is 3. The van der Waals surface area contributed by atoms with Gasteiger partial charge in [0.25, 0.3) is 0 Å². The molecule has 0 spiro atoms. The Kier molecular flexibility index (Phi) is 5.86. The second-order valence-electron chi connectivity index (χ2n) is 8.87. The molecular weight excluding hydrogens is 378 g/mol. The van der Waals surface area contributed by atoms with Crippen LogP contribution in [-0.2, 0) is 0 Å². The monoisotopic (exact) mass is 409 g/mol. The van der Waals surface area contributed by atoms with Gasteiger partial charge in [-0.1, -0.05) is 97.6 Å². The largest absolute Gasteiger partial charge is 0.304 e. The Hall–Kier alpha value is -2.91. The van der Waals surface area contributed by atoms with Crippen molar-refractivity contribution < 1.29 is 0 Å². The normalized spacial score (nSPS) is 21.8. The highest BCUT2D eigenvalue weighted by molar-refractivity contribution is 6.07. The molecule has 2 atom stereocenters. The van der Waals surface area contributed by atoms with E-state index in [9.17, 15) is 0 Å². The van der Waals surface area contributed by atoms with Crippen molar-refractivity contribution in [3.63, 3.8) is 0 Å². The lowest BCUT2D eigenvalue weighted by atomic mass is 9.89. The van der Waals surface area contributed by atoms with Crippen molar-refractivity contribution in [2.24, 2.45) is 5.10 Å². The first-order chi connectivity index (χ1) is 15.3. The van der Waals surface area contributed by atoms with Gasteiger partial charge in [-0.05, 0) is 43.0 Å². The maximum atomic E-state index is 5.25. The number of hydrazone groups is 1. The van der Waals surface area contributed by atoms with Gasteiger partial charge in [-0.3, -0.25) is 5.01 Å². The number of nitrogens with zero attached hydrogens (tertiary/aromatic N) is 2. The predicted octanol–water partition coefficient (Wildman–Crippen LogP) is 6.25. The van der Waals surface area contributed by atoms with Crippen LogP contribution in [0.3, 0.4) is 0 Å². The molecule has 0 saturated heterocycles. The fourth-order valence-electron chi connectivity index (χ4n) is 4.97. The summed E-state index contributed by atoms with van der Waals surface area (Å²) >= 11 is 0. The van der Waals surface area contributed by atoms with Gasteiger partial charge in [0, 0.05) is 6.04 Å². The van der Waals surface area contributed by atoms with Crippen molar-refractivity contribution in [1.29, 1.82) is 0 Å². The fourth-order valence-corrected chi connectivity index (χ4v) is 4.97. The molecule has 0 amide bonds. The Labute approximate surface area is 185 Å². The van der Waals surface area contributed by atoms with Crippen molar-refractivity contribution in [3.8, 4) is 0 Å². The zero-order chi connectivity index (χ0) is 21.0. The summed E-state index contributed by atoms with van der Waals surface area (Å²) in [6.45, 7) is 2.14. The van der Waals surface area contributed by atoms with Crippen LogP contribution in [0.1, 0.15) is 54.8 Å². The lowest BCUT2D eigenvalue weighted by Crippen LogP contribution is -2.47. The van der Waals surface area contributed by atoms with E-state index in [1.165, 1.54) is 48.8 Å². The molecule has 3 nitrogen and oxygen atoms in total. The van der Waals surface area contributed by atoms with Crippen LogP contribution in [0.5, 0.6) is 0 Å². The summed E-state index contributed by atoms with van der Waals surface area (Å²) in [4.78, 5) is 0. The maximum absolute atomic E-state index is 5.25. The quantitative estimate of drug-likeness (QED) is 0.539. The molecule has 1 aliphatic carbocycles. The SMILES string of the molecule is Cc1ccc(C2=NN(c3ccccc3)[C@@H](c3ccccc3)[C@@H]2NC2CCCCC2)cc1. The third kappa shape index (κ3) is 4.28. The van der Waals surface area contributed by atoms with Crippen molar-refractivity contribution in [1.82, 2.24) is 5.32 Å². The summed E-state index contributed by atoms with van der Waals surface area (Å²) < 4.78 is 0. The maximum Gasteiger partial charge on any atom is 0.0986 e. The van der Waals surface area contributed by atoms with Gasteiger partial charge in [0.2, 0.25) is 0 Å². The third-order valence-electron chi connectivity index (χ3n) is 6.62. The van der Waals surface area contributed by atoms with Crippen LogP contribution in [0.4, 0.5) is 5.69 Å². The molecule has 1 saturated carbocycles. The number of aryl methyl sites for hydroxylation is 1. The van der Waals surface area contributed by atoms with E-state index in [1.807, 2.05) is 0 Å². The Morgan fingerprint density at radius 3 is 2.10 bits per heavy atom. The van der Waals surface area contributed by atoms with Crippen LogP contribution in [0.2, 0.25) is 0 Å². The number of hydrogen-bond acceptors (Lipinski definition) is 3. The third-order valence-corrected chi connectivity index (χ3v) is 6.62. The Morgan fingerprint density at radius 1 is 0.774 bits per heavy atom. The van der Waals surface area contributed by atoms with Gasteiger partial charge in [0.05, 0.1) is 23.5 Å². The summed E-state index contributed by atoms with van der Waals surface area (Å²) in [5.41, 5.74) is 6.06. The number of rotatable bonds is 5. The Morgan fingerprint density at radius 2 is 1.42 bits per heavy atom. The molecule has 31 heavy (non-hydrogen) atoms. The molecule has 1 heterocycles. The smallest absolute Gasteiger partial charge is 0.0986 e. The van der Waals surface area contributed by atoms with E-state index in [0.29, 0.717) is 6.04 Å². The summed E-state index contributed by atoms with van der Waals surface area (Å²) in [6.07, 6.45) is 6.51. The van der Waals surface area contributed by atoms with E-state index in [-0.39, 0.29) is 12.1 Å². The number of anilines is 1. The van der Waals surface area contributed by atoms with E-state index in [0.717, 1.165) is 11.4 Å². The first kappa shape index (κ1) is 20.0. The van der Waals surface area contributed by atoms with Crippen molar-refractivity contribution in [3.05, 3.63) is 102 Å². The predicted molar refractivity (Wildman–Crippen MR) is 130 cm³/mol. The van der Waals surface area contributed by atoms with Gasteiger partial charge in [-0.15, -0.1) is 0 Å². The topological polar surface area (TPSA) is 27.6 Å². The highest BCUT2D eigenvalue weighted by Crippen LogP contribution is 2.37. The van der Waals surface area contributed by atoms with E-state index < -0.39 is 0 Å². The molecule has 0 bridgehead atoms. The lowest BCUT2D eigenvalue weighted by molar-refractivity contribution is 0.348. The summed E-state index contributed by atoms with van der Waals surface area (Å²) in [5.74, 6) is 0. The van der Waals surface area contributed by atoms with Crippen LogP contribution >= 0.6 is 0 Å². The van der Waals surface area contributed by atoms with Crippen LogP contribution in [0.15, 0.2) is 90.0 Å². The molecule has 3 heteroatoms. The minimum atomic E-state index is 0.127. The lowest BCUT2D eigenvalue weighted by Gasteiger charge is -2.33. The van der Waals surface area contributed by atoms with Gasteiger partial charge in [0.15, 0.2) is 0 Å². The second kappa shape index (κ2) is 9.07. The molecule has 3 aromatic rings. The van der Waals surface area contributed by atoms with Crippen LogP contribution in [-0.4, -0.2) is 17.8 Å². The molecule has 1 aliphatic heterocycles. The first-order valence-corrected chi connectivity index (χ1v) is 11.6. The van der Waals surface area contributed by atoms with Gasteiger partial charge < -0.3 is 5.32 Å². The number of nitrogens with one attached hydrogen (secondary N) is 1. The molecule has 1 N–H and O–H groups in total. The van der Waals surface area contributed by atoms with Gasteiger partial charge in [0.1, 0.15) is 0 Å². The molecule has 0 aromatic heterocycles. The molecule has 3 aromatic carbocycles. The minimum absolute atomic E-state index is 0.127. The van der Waals surface area contributed by atoms with Crippen molar-refractivity contribution >= 4 is 11.4 Å². The fraction of sp³-hybridized carbons (Fsp3) is 0.321. The molecular formula is C28H31N3. The van der Waals surface area contributed by atoms with E-state index in [1.54, 1.807) is 0 Å². The van der Waals surface area contributed by atoms with Gasteiger partial charge in [-0.2, -0.15) is 5.10 Å². The van der Waals surface area contributed by atoms with Crippen molar-refractivity contribution in [2.75, 3.05) is 5.01 Å². The zero-order valence-electron chi connectivity index (χ0n) is 18.2. The molecule has 0 radical (unpaired) electrons. The Bertz CT molecular complexity index is 1010. The van der Waals surface area contributed by atoms with Gasteiger partial charge >= 0.3 is 0 Å². The summed E-state index contributed by atoms with van der Waals surface area (Å²) in [7, 11) is 0. The Balaban J connectivity index is 1.59.